The molecule has 0 spiro atoms. The molecule has 3 nitrogen and oxygen atoms in total. The highest BCUT2D eigenvalue weighted by atomic mass is 32.2. The maximum Gasteiger partial charge on any atom is 0.446 e. The van der Waals surface area contributed by atoms with Crippen molar-refractivity contribution in [1.82, 2.24) is 5.32 Å². The van der Waals surface area contributed by atoms with Crippen molar-refractivity contribution in [2.45, 2.75) is 23.1 Å². The maximum atomic E-state index is 12.9. The first-order valence-electron chi connectivity index (χ1n) is 7.10. The Balaban J connectivity index is 1.99. The van der Waals surface area contributed by atoms with Crippen LogP contribution in [-0.2, 0) is 12.7 Å². The first kappa shape index (κ1) is 20.0. The summed E-state index contributed by atoms with van der Waals surface area (Å²) in [5.41, 5.74) is -5.39. The summed E-state index contributed by atoms with van der Waals surface area (Å²) in [4.78, 5) is 11.7. The van der Waals surface area contributed by atoms with E-state index < -0.39 is 29.8 Å². The average Bonchev–Trinajstić information content (AvgIpc) is 2.51. The van der Waals surface area contributed by atoms with Gasteiger partial charge < -0.3 is 10.6 Å². The van der Waals surface area contributed by atoms with E-state index in [1.165, 1.54) is 36.4 Å². The number of benzene rings is 2. The molecular formula is C16H12F6N2OS. The van der Waals surface area contributed by atoms with Crippen molar-refractivity contribution in [1.29, 1.82) is 0 Å². The van der Waals surface area contributed by atoms with Crippen molar-refractivity contribution in [2.75, 3.05) is 5.32 Å². The summed E-state index contributed by atoms with van der Waals surface area (Å²) in [6.45, 7) is -0.390. The SMILES string of the molecule is O=C(NCc1ccccc1C(F)(F)F)Nc1cccc(SC(F)(F)F)c1. The number of urea groups is 1. The summed E-state index contributed by atoms with van der Waals surface area (Å²) in [6.07, 6.45) is -4.56. The van der Waals surface area contributed by atoms with Gasteiger partial charge in [-0.05, 0) is 41.6 Å². The van der Waals surface area contributed by atoms with Gasteiger partial charge in [0.2, 0.25) is 0 Å². The normalized spacial score (nSPS) is 11.9. The lowest BCUT2D eigenvalue weighted by Crippen LogP contribution is -2.29. The van der Waals surface area contributed by atoms with Crippen LogP contribution in [0.5, 0.6) is 0 Å². The third-order valence-electron chi connectivity index (χ3n) is 3.09. The zero-order valence-electron chi connectivity index (χ0n) is 12.9. The number of rotatable bonds is 4. The average molecular weight is 394 g/mol. The first-order valence-corrected chi connectivity index (χ1v) is 7.92. The summed E-state index contributed by atoms with van der Waals surface area (Å²) in [5, 5.41) is 4.53. The highest BCUT2D eigenvalue weighted by Crippen LogP contribution is 2.37. The van der Waals surface area contributed by atoms with Crippen LogP contribution in [0.2, 0.25) is 0 Å². The van der Waals surface area contributed by atoms with Gasteiger partial charge in [0.15, 0.2) is 0 Å². The van der Waals surface area contributed by atoms with E-state index in [0.717, 1.165) is 12.1 Å². The Morgan fingerprint density at radius 1 is 0.962 bits per heavy atom. The van der Waals surface area contributed by atoms with Gasteiger partial charge in [-0.1, -0.05) is 24.3 Å². The molecule has 0 aliphatic heterocycles. The molecule has 140 valence electrons. The number of halogens is 6. The summed E-state index contributed by atoms with van der Waals surface area (Å²) >= 11 is -0.340. The molecule has 0 atom stereocenters. The Morgan fingerprint density at radius 2 is 1.65 bits per heavy atom. The van der Waals surface area contributed by atoms with Gasteiger partial charge in [0.25, 0.3) is 0 Å². The van der Waals surface area contributed by atoms with E-state index in [-0.39, 0.29) is 27.9 Å². The van der Waals surface area contributed by atoms with Crippen LogP contribution in [0.1, 0.15) is 11.1 Å². The van der Waals surface area contributed by atoms with E-state index in [1.54, 1.807) is 0 Å². The van der Waals surface area contributed by atoms with Crippen molar-refractivity contribution in [2.24, 2.45) is 0 Å². The van der Waals surface area contributed by atoms with Crippen molar-refractivity contribution in [3.8, 4) is 0 Å². The molecule has 0 heterocycles. The summed E-state index contributed by atoms with van der Waals surface area (Å²) in [6, 6.07) is 8.94. The third-order valence-corrected chi connectivity index (χ3v) is 3.81. The number of carbonyl (C=O) groups excluding carboxylic acids is 1. The summed E-state index contributed by atoms with van der Waals surface area (Å²) in [5.74, 6) is 0. The van der Waals surface area contributed by atoms with Crippen LogP contribution in [0, 0.1) is 0 Å². The lowest BCUT2D eigenvalue weighted by atomic mass is 10.1. The van der Waals surface area contributed by atoms with Crippen LogP contribution in [0.15, 0.2) is 53.4 Å². The van der Waals surface area contributed by atoms with Crippen LogP contribution >= 0.6 is 11.8 Å². The molecule has 0 saturated heterocycles. The number of alkyl halides is 6. The smallest absolute Gasteiger partial charge is 0.334 e. The standard InChI is InChI=1S/C16H12F6N2OS/c17-15(18,19)13-7-2-1-4-10(13)9-23-14(25)24-11-5-3-6-12(8-11)26-16(20,21)22/h1-8H,9H2,(H2,23,24,25). The fraction of sp³-hybridized carbons (Fsp3) is 0.188. The molecule has 0 radical (unpaired) electrons. The molecular weight excluding hydrogens is 382 g/mol. The van der Waals surface area contributed by atoms with Crippen LogP contribution in [0.3, 0.4) is 0 Å². The second-order valence-corrected chi connectivity index (χ2v) is 6.18. The fourth-order valence-electron chi connectivity index (χ4n) is 2.07. The Bertz CT molecular complexity index is 776. The second kappa shape index (κ2) is 7.90. The Kier molecular flexibility index (Phi) is 6.06. The minimum Gasteiger partial charge on any atom is -0.334 e. The summed E-state index contributed by atoms with van der Waals surface area (Å²) < 4.78 is 75.7. The Hall–Kier alpha value is -2.36. The number of thioether (sulfide) groups is 1. The lowest BCUT2D eigenvalue weighted by Gasteiger charge is -2.14. The molecule has 10 heteroatoms. The first-order chi connectivity index (χ1) is 12.0. The van der Waals surface area contributed by atoms with E-state index in [9.17, 15) is 31.1 Å². The number of hydrogen-bond acceptors (Lipinski definition) is 2. The predicted octanol–water partition coefficient (Wildman–Crippen LogP) is 5.64. The number of carbonyl (C=O) groups is 1. The van der Waals surface area contributed by atoms with Gasteiger partial charge in [-0.15, -0.1) is 0 Å². The van der Waals surface area contributed by atoms with Gasteiger partial charge in [0.1, 0.15) is 0 Å². The molecule has 0 fully saturated rings. The largest absolute Gasteiger partial charge is 0.446 e. The minimum atomic E-state index is -4.56. The molecule has 2 N–H and O–H groups in total. The second-order valence-electron chi connectivity index (χ2n) is 5.04. The number of hydrogen-bond donors (Lipinski definition) is 2. The lowest BCUT2D eigenvalue weighted by molar-refractivity contribution is -0.138. The number of anilines is 1. The van der Waals surface area contributed by atoms with E-state index in [0.29, 0.717) is 0 Å². The van der Waals surface area contributed by atoms with E-state index in [4.69, 9.17) is 0 Å². The van der Waals surface area contributed by atoms with E-state index in [1.807, 2.05) is 0 Å². The zero-order valence-corrected chi connectivity index (χ0v) is 13.7. The van der Waals surface area contributed by atoms with Crippen molar-refractivity contribution >= 4 is 23.5 Å². The molecule has 0 aromatic heterocycles. The van der Waals surface area contributed by atoms with Gasteiger partial charge in [0, 0.05) is 17.1 Å². The molecule has 0 unspecified atom stereocenters. The third kappa shape index (κ3) is 6.17. The quantitative estimate of drug-likeness (QED) is 0.521. The number of nitrogens with one attached hydrogen (secondary N) is 2. The van der Waals surface area contributed by atoms with Gasteiger partial charge in [-0.25, -0.2) is 4.79 Å². The van der Waals surface area contributed by atoms with Crippen LogP contribution in [0.4, 0.5) is 36.8 Å². The highest BCUT2D eigenvalue weighted by molar-refractivity contribution is 8.00. The fourth-order valence-corrected chi connectivity index (χ4v) is 2.67. The zero-order chi connectivity index (χ0) is 19.4. The molecule has 26 heavy (non-hydrogen) atoms. The number of amides is 2. The molecule has 2 rings (SSSR count). The van der Waals surface area contributed by atoms with Crippen molar-refractivity contribution in [3.05, 3.63) is 59.7 Å². The summed E-state index contributed by atoms with van der Waals surface area (Å²) in [7, 11) is 0. The van der Waals surface area contributed by atoms with Crippen LogP contribution < -0.4 is 10.6 Å². The Labute approximate surface area is 148 Å². The highest BCUT2D eigenvalue weighted by Gasteiger charge is 2.33. The monoisotopic (exact) mass is 394 g/mol. The van der Waals surface area contributed by atoms with Gasteiger partial charge in [-0.2, -0.15) is 26.3 Å². The predicted molar refractivity (Wildman–Crippen MR) is 85.7 cm³/mol. The molecule has 0 aliphatic rings. The van der Waals surface area contributed by atoms with Crippen molar-refractivity contribution in [3.63, 3.8) is 0 Å². The molecule has 0 aliphatic carbocycles. The molecule has 2 aromatic rings. The van der Waals surface area contributed by atoms with Crippen LogP contribution in [0.25, 0.3) is 0 Å². The molecule has 2 aromatic carbocycles. The van der Waals surface area contributed by atoms with Crippen LogP contribution in [-0.4, -0.2) is 11.5 Å². The van der Waals surface area contributed by atoms with E-state index in [2.05, 4.69) is 10.6 Å². The molecule has 0 bridgehead atoms. The Morgan fingerprint density at radius 3 is 2.31 bits per heavy atom. The molecule has 2 amide bonds. The van der Waals surface area contributed by atoms with Crippen molar-refractivity contribution < 1.29 is 31.1 Å². The topological polar surface area (TPSA) is 41.1 Å². The van der Waals surface area contributed by atoms with Gasteiger partial charge in [-0.3, -0.25) is 0 Å². The van der Waals surface area contributed by atoms with E-state index >= 15 is 0 Å². The minimum absolute atomic E-state index is 0.0841. The molecule has 0 saturated carbocycles. The maximum absolute atomic E-state index is 12.9. The van der Waals surface area contributed by atoms with Gasteiger partial charge in [0.05, 0.1) is 5.56 Å². The van der Waals surface area contributed by atoms with Gasteiger partial charge >= 0.3 is 17.7 Å².